The Bertz CT molecular complexity index is 203. The number of hydrogen-bond acceptors (Lipinski definition) is 3. The van der Waals surface area contributed by atoms with E-state index in [2.05, 4.69) is 5.92 Å². The second-order valence-corrected chi connectivity index (χ2v) is 3.10. The Labute approximate surface area is 73.3 Å². The van der Waals surface area contributed by atoms with E-state index in [0.29, 0.717) is 6.61 Å². The molecule has 0 aliphatic heterocycles. The molecule has 0 aromatic heterocycles. The fourth-order valence-electron chi connectivity index (χ4n) is 0.616. The van der Waals surface area contributed by atoms with E-state index in [1.807, 2.05) is 0 Å². The van der Waals surface area contributed by atoms with Crippen molar-refractivity contribution in [1.82, 2.24) is 0 Å². The second kappa shape index (κ2) is 4.13. The molecule has 0 aliphatic carbocycles. The first-order valence-corrected chi connectivity index (χ1v) is 3.85. The maximum absolute atomic E-state index is 11.1. The molecule has 0 aromatic rings. The van der Waals surface area contributed by atoms with Gasteiger partial charge in [-0.2, -0.15) is 0 Å². The molecule has 2 N–H and O–H groups in total. The number of rotatable bonds is 3. The molecular formula is C9H15NO2. The molecular weight excluding hydrogens is 154 g/mol. The first-order valence-electron chi connectivity index (χ1n) is 3.85. The molecule has 3 nitrogen and oxygen atoms in total. The lowest BCUT2D eigenvalue weighted by molar-refractivity contribution is -0.146. The van der Waals surface area contributed by atoms with E-state index in [4.69, 9.17) is 16.9 Å². The molecule has 1 atom stereocenters. The topological polar surface area (TPSA) is 52.3 Å². The molecule has 3 heteroatoms. The molecule has 0 saturated carbocycles. The summed E-state index contributed by atoms with van der Waals surface area (Å²) in [5, 5.41) is 0. The summed E-state index contributed by atoms with van der Waals surface area (Å²) in [7, 11) is 0. The molecule has 0 fully saturated rings. The normalized spacial score (nSPS) is 13.2. The van der Waals surface area contributed by atoms with Crippen molar-refractivity contribution in [2.75, 3.05) is 6.61 Å². The summed E-state index contributed by atoms with van der Waals surface area (Å²) >= 11 is 0. The van der Waals surface area contributed by atoms with Gasteiger partial charge in [0, 0.05) is 0 Å². The lowest BCUT2D eigenvalue weighted by Crippen LogP contribution is -2.44. The zero-order valence-corrected chi connectivity index (χ0v) is 7.76. The van der Waals surface area contributed by atoms with E-state index in [-0.39, 0.29) is 0 Å². The van der Waals surface area contributed by atoms with Crippen LogP contribution < -0.4 is 5.73 Å². The Morgan fingerprint density at radius 1 is 1.75 bits per heavy atom. The van der Waals surface area contributed by atoms with E-state index < -0.39 is 17.4 Å². The van der Waals surface area contributed by atoms with E-state index in [1.54, 1.807) is 20.8 Å². The molecule has 0 rings (SSSR count). The number of hydrogen-bond donors (Lipinski definition) is 1. The van der Waals surface area contributed by atoms with Crippen LogP contribution in [-0.4, -0.2) is 18.6 Å². The summed E-state index contributed by atoms with van der Waals surface area (Å²) in [6, 6.07) is -0.748. The Morgan fingerprint density at radius 3 is 2.58 bits per heavy atom. The highest BCUT2D eigenvalue weighted by atomic mass is 16.5. The van der Waals surface area contributed by atoms with Crippen molar-refractivity contribution in [3.8, 4) is 12.3 Å². The highest BCUT2D eigenvalue weighted by molar-refractivity contribution is 5.77. The third-order valence-electron chi connectivity index (χ3n) is 1.69. The van der Waals surface area contributed by atoms with Gasteiger partial charge in [-0.3, -0.25) is 4.79 Å². The number of ether oxygens (including phenoxy) is 1. The van der Waals surface area contributed by atoms with E-state index >= 15 is 0 Å². The van der Waals surface area contributed by atoms with Gasteiger partial charge < -0.3 is 10.5 Å². The fourth-order valence-corrected chi connectivity index (χ4v) is 0.616. The van der Waals surface area contributed by atoms with Crippen LogP contribution in [0.5, 0.6) is 0 Å². The smallest absolute Gasteiger partial charge is 0.324 e. The molecule has 0 amide bonds. The molecule has 0 spiro atoms. The zero-order chi connectivity index (χ0) is 9.78. The summed E-state index contributed by atoms with van der Waals surface area (Å²) in [6.07, 6.45) is 5.20. The monoisotopic (exact) mass is 169 g/mol. The van der Waals surface area contributed by atoms with Crippen molar-refractivity contribution in [2.24, 2.45) is 11.1 Å². The van der Waals surface area contributed by atoms with Crippen molar-refractivity contribution in [3.05, 3.63) is 0 Å². The average molecular weight is 169 g/mol. The van der Waals surface area contributed by atoms with Gasteiger partial charge in [-0.15, -0.1) is 6.42 Å². The molecule has 0 aromatic carbocycles. The third kappa shape index (κ3) is 2.55. The largest absolute Gasteiger partial charge is 0.465 e. The summed E-state index contributed by atoms with van der Waals surface area (Å²) in [6.45, 7) is 5.52. The van der Waals surface area contributed by atoms with E-state index in [9.17, 15) is 4.79 Å². The van der Waals surface area contributed by atoms with Crippen LogP contribution in [-0.2, 0) is 9.53 Å². The van der Waals surface area contributed by atoms with Crippen LogP contribution in [0.4, 0.5) is 0 Å². The van der Waals surface area contributed by atoms with Crippen molar-refractivity contribution in [2.45, 2.75) is 26.8 Å². The third-order valence-corrected chi connectivity index (χ3v) is 1.69. The van der Waals surface area contributed by atoms with Crippen LogP contribution in [0.1, 0.15) is 20.8 Å². The quantitative estimate of drug-likeness (QED) is 0.495. The van der Waals surface area contributed by atoms with Crippen LogP contribution in [0.25, 0.3) is 0 Å². The standard InChI is InChI=1S/C9H15NO2/c1-5-9(3,4)7(10)8(11)12-6-2/h1,7H,6,10H2,2-4H3. The molecule has 12 heavy (non-hydrogen) atoms. The Kier molecular flexibility index (Phi) is 3.78. The van der Waals surface area contributed by atoms with Gasteiger partial charge in [-0.25, -0.2) is 0 Å². The Balaban J connectivity index is 4.30. The minimum Gasteiger partial charge on any atom is -0.465 e. The summed E-state index contributed by atoms with van der Waals surface area (Å²) in [5.74, 6) is 2.01. The van der Waals surface area contributed by atoms with Crippen LogP contribution in [0.3, 0.4) is 0 Å². The second-order valence-electron chi connectivity index (χ2n) is 3.10. The average Bonchev–Trinajstić information content (AvgIpc) is 2.03. The van der Waals surface area contributed by atoms with Gasteiger partial charge >= 0.3 is 5.97 Å². The predicted octanol–water partition coefficient (Wildman–Crippen LogP) is 0.536. The van der Waals surface area contributed by atoms with Crippen LogP contribution in [0.2, 0.25) is 0 Å². The molecule has 68 valence electrons. The number of esters is 1. The van der Waals surface area contributed by atoms with E-state index in [1.165, 1.54) is 0 Å². The molecule has 0 bridgehead atoms. The summed E-state index contributed by atoms with van der Waals surface area (Å²) < 4.78 is 4.73. The fraction of sp³-hybridized carbons (Fsp3) is 0.667. The van der Waals surface area contributed by atoms with E-state index in [0.717, 1.165) is 0 Å². The first-order chi connectivity index (χ1) is 5.45. The number of terminal acetylenes is 1. The zero-order valence-electron chi connectivity index (χ0n) is 7.76. The van der Waals surface area contributed by atoms with Crippen LogP contribution in [0, 0.1) is 17.8 Å². The number of nitrogens with two attached hydrogens (primary N) is 1. The SMILES string of the molecule is C#CC(C)(C)C(N)C(=O)OCC. The van der Waals surface area contributed by atoms with Crippen molar-refractivity contribution in [3.63, 3.8) is 0 Å². The molecule has 0 saturated heterocycles. The number of carbonyl (C=O) groups excluding carboxylic acids is 1. The van der Waals surface area contributed by atoms with Crippen molar-refractivity contribution in [1.29, 1.82) is 0 Å². The Hall–Kier alpha value is -1.01. The lowest BCUT2D eigenvalue weighted by atomic mass is 9.86. The molecule has 0 heterocycles. The van der Waals surface area contributed by atoms with Gasteiger partial charge in [0.2, 0.25) is 0 Å². The van der Waals surface area contributed by atoms with Crippen LogP contribution in [0.15, 0.2) is 0 Å². The highest BCUT2D eigenvalue weighted by Gasteiger charge is 2.31. The van der Waals surface area contributed by atoms with Gasteiger partial charge in [-0.1, -0.05) is 5.92 Å². The molecule has 0 aliphatic rings. The maximum Gasteiger partial charge on any atom is 0.324 e. The first kappa shape index (κ1) is 11.0. The Morgan fingerprint density at radius 2 is 2.25 bits per heavy atom. The predicted molar refractivity (Wildman–Crippen MR) is 47.2 cm³/mol. The number of carbonyl (C=O) groups is 1. The molecule has 1 unspecified atom stereocenters. The minimum atomic E-state index is -0.748. The van der Waals surface area contributed by atoms with Gasteiger partial charge in [0.05, 0.1) is 12.0 Å². The van der Waals surface area contributed by atoms with Crippen LogP contribution >= 0.6 is 0 Å². The summed E-state index contributed by atoms with van der Waals surface area (Å²) in [5.41, 5.74) is 4.93. The van der Waals surface area contributed by atoms with Gasteiger partial charge in [-0.05, 0) is 20.8 Å². The minimum absolute atomic E-state index is 0.327. The van der Waals surface area contributed by atoms with Crippen molar-refractivity contribution < 1.29 is 9.53 Å². The van der Waals surface area contributed by atoms with Gasteiger partial charge in [0.1, 0.15) is 6.04 Å². The van der Waals surface area contributed by atoms with Gasteiger partial charge in [0.15, 0.2) is 0 Å². The lowest BCUT2D eigenvalue weighted by Gasteiger charge is -2.23. The van der Waals surface area contributed by atoms with Crippen molar-refractivity contribution >= 4 is 5.97 Å². The maximum atomic E-state index is 11.1. The molecule has 0 radical (unpaired) electrons. The van der Waals surface area contributed by atoms with Gasteiger partial charge in [0.25, 0.3) is 0 Å². The highest BCUT2D eigenvalue weighted by Crippen LogP contribution is 2.18. The summed E-state index contributed by atoms with van der Waals surface area (Å²) in [4.78, 5) is 11.1.